The molecule has 0 spiro atoms. The molecule has 0 aliphatic rings. The Morgan fingerprint density at radius 2 is 1.91 bits per heavy atom. The van der Waals surface area contributed by atoms with Gasteiger partial charge in [-0.1, -0.05) is 29.8 Å². The van der Waals surface area contributed by atoms with E-state index in [1.54, 1.807) is 0 Å². The van der Waals surface area contributed by atoms with Crippen LogP contribution in [0.3, 0.4) is 0 Å². The van der Waals surface area contributed by atoms with Crippen molar-refractivity contribution in [3.63, 3.8) is 0 Å². The van der Waals surface area contributed by atoms with Crippen LogP contribution >= 0.6 is 11.3 Å². The zero-order valence-electron chi connectivity index (χ0n) is 12.4. The van der Waals surface area contributed by atoms with Crippen molar-refractivity contribution >= 4 is 27.3 Å². The number of rotatable bonds is 6. The molecule has 0 unspecified atom stereocenters. The first-order valence-corrected chi connectivity index (χ1v) is 9.14. The fraction of sp³-hybridized carbons (Fsp3) is 0.267. The van der Waals surface area contributed by atoms with Crippen LogP contribution in [0.25, 0.3) is 0 Å². The van der Waals surface area contributed by atoms with E-state index in [1.807, 2.05) is 31.2 Å². The van der Waals surface area contributed by atoms with Crippen LogP contribution in [-0.4, -0.2) is 27.9 Å². The summed E-state index contributed by atoms with van der Waals surface area (Å²) in [4.78, 5) is 12.5. The molecule has 0 fully saturated rings. The van der Waals surface area contributed by atoms with Gasteiger partial charge in [0.05, 0.1) is 9.77 Å². The number of amides is 1. The molecular formula is C15H18N2O3S2. The number of carbonyl (C=O) groups is 1. The number of hydrogen-bond acceptors (Lipinski definition) is 4. The summed E-state index contributed by atoms with van der Waals surface area (Å²) in [6.45, 7) is 2.53. The third-order valence-corrected chi connectivity index (χ3v) is 5.67. The van der Waals surface area contributed by atoms with Crippen molar-refractivity contribution in [2.24, 2.45) is 0 Å². The summed E-state index contributed by atoms with van der Waals surface area (Å²) in [6.07, 6.45) is 0.735. The maximum absolute atomic E-state index is 12.0. The standard InChI is InChI=1S/C15H18N2O3S2/c1-11-3-5-12(6-4-11)7-8-17-15(18)14-9-13(10-21-14)22(19,20)16-2/h3-6,9-10,16H,7-8H2,1-2H3,(H,17,18). The number of aryl methyl sites for hydroxylation is 1. The Morgan fingerprint density at radius 3 is 2.55 bits per heavy atom. The first-order chi connectivity index (χ1) is 10.4. The van der Waals surface area contributed by atoms with E-state index in [9.17, 15) is 13.2 Å². The van der Waals surface area contributed by atoms with Gasteiger partial charge in [-0.05, 0) is 32.0 Å². The van der Waals surface area contributed by atoms with Crippen LogP contribution in [0.15, 0.2) is 40.6 Å². The summed E-state index contributed by atoms with van der Waals surface area (Å²) in [6, 6.07) is 9.52. The zero-order valence-corrected chi connectivity index (χ0v) is 14.1. The largest absolute Gasteiger partial charge is 0.351 e. The van der Waals surface area contributed by atoms with Gasteiger partial charge in [0.15, 0.2) is 0 Å². The van der Waals surface area contributed by atoms with Crippen LogP contribution in [0.5, 0.6) is 0 Å². The highest BCUT2D eigenvalue weighted by Gasteiger charge is 2.16. The van der Waals surface area contributed by atoms with E-state index in [-0.39, 0.29) is 10.8 Å². The molecule has 1 amide bonds. The summed E-state index contributed by atoms with van der Waals surface area (Å²) in [7, 11) is -2.16. The van der Waals surface area contributed by atoms with Crippen molar-refractivity contribution in [1.29, 1.82) is 0 Å². The van der Waals surface area contributed by atoms with Gasteiger partial charge in [0.1, 0.15) is 0 Å². The van der Waals surface area contributed by atoms with Crippen molar-refractivity contribution in [3.8, 4) is 0 Å². The van der Waals surface area contributed by atoms with Crippen LogP contribution in [-0.2, 0) is 16.4 Å². The maximum atomic E-state index is 12.0. The van der Waals surface area contributed by atoms with E-state index in [2.05, 4.69) is 10.0 Å². The topological polar surface area (TPSA) is 75.3 Å². The Hall–Kier alpha value is -1.70. The number of hydrogen-bond donors (Lipinski definition) is 2. The summed E-state index contributed by atoms with van der Waals surface area (Å²) >= 11 is 1.12. The van der Waals surface area contributed by atoms with E-state index < -0.39 is 10.0 Å². The van der Waals surface area contributed by atoms with Crippen molar-refractivity contribution in [2.45, 2.75) is 18.2 Å². The molecule has 0 saturated heterocycles. The smallest absolute Gasteiger partial charge is 0.261 e. The number of carbonyl (C=O) groups excluding carboxylic acids is 1. The van der Waals surface area contributed by atoms with E-state index in [1.165, 1.54) is 24.1 Å². The first-order valence-electron chi connectivity index (χ1n) is 6.78. The van der Waals surface area contributed by atoms with E-state index in [0.29, 0.717) is 11.4 Å². The van der Waals surface area contributed by atoms with Crippen molar-refractivity contribution in [1.82, 2.24) is 10.0 Å². The number of thiophene rings is 1. The van der Waals surface area contributed by atoms with Crippen molar-refractivity contribution in [3.05, 3.63) is 51.7 Å². The second kappa shape index (κ2) is 7.04. The lowest BCUT2D eigenvalue weighted by Crippen LogP contribution is -2.25. The number of nitrogens with one attached hydrogen (secondary N) is 2. The van der Waals surface area contributed by atoms with Gasteiger partial charge in [0.25, 0.3) is 5.91 Å². The minimum absolute atomic E-state index is 0.115. The van der Waals surface area contributed by atoms with Gasteiger partial charge in [-0.15, -0.1) is 11.3 Å². The normalized spacial score (nSPS) is 11.4. The third kappa shape index (κ3) is 4.16. The lowest BCUT2D eigenvalue weighted by Gasteiger charge is -2.04. The van der Waals surface area contributed by atoms with Gasteiger partial charge in [-0.25, -0.2) is 13.1 Å². The predicted octanol–water partition coefficient (Wildman–Crippen LogP) is 1.94. The summed E-state index contributed by atoms with van der Waals surface area (Å²) in [5.41, 5.74) is 2.35. The van der Waals surface area contributed by atoms with Crippen molar-refractivity contribution < 1.29 is 13.2 Å². The number of benzene rings is 1. The quantitative estimate of drug-likeness (QED) is 0.845. The Morgan fingerprint density at radius 1 is 1.23 bits per heavy atom. The lowest BCUT2D eigenvalue weighted by atomic mass is 10.1. The molecule has 1 aromatic heterocycles. The molecule has 7 heteroatoms. The zero-order chi connectivity index (χ0) is 16.2. The molecule has 0 saturated carbocycles. The minimum atomic E-state index is -3.50. The van der Waals surface area contributed by atoms with Crippen LogP contribution in [0, 0.1) is 6.92 Å². The van der Waals surface area contributed by atoms with Crippen molar-refractivity contribution in [2.75, 3.05) is 13.6 Å². The molecule has 0 aliphatic carbocycles. The summed E-state index contributed by atoms with van der Waals surface area (Å²) in [5.74, 6) is -0.255. The third-order valence-electron chi connectivity index (χ3n) is 3.20. The van der Waals surface area contributed by atoms with E-state index >= 15 is 0 Å². The fourth-order valence-electron chi connectivity index (χ4n) is 1.86. The van der Waals surface area contributed by atoms with Gasteiger partial charge in [0.2, 0.25) is 10.0 Å². The Labute approximate surface area is 134 Å². The molecule has 1 heterocycles. The molecule has 5 nitrogen and oxygen atoms in total. The Bertz CT molecular complexity index is 749. The van der Waals surface area contributed by atoms with Crippen LogP contribution in [0.4, 0.5) is 0 Å². The van der Waals surface area contributed by atoms with Gasteiger partial charge in [-0.3, -0.25) is 4.79 Å². The van der Waals surface area contributed by atoms with E-state index in [4.69, 9.17) is 0 Å². The molecule has 118 valence electrons. The van der Waals surface area contributed by atoms with Gasteiger partial charge < -0.3 is 5.32 Å². The minimum Gasteiger partial charge on any atom is -0.351 e. The molecule has 2 rings (SSSR count). The molecule has 0 aliphatic heterocycles. The second-order valence-corrected chi connectivity index (χ2v) is 7.64. The summed E-state index contributed by atoms with van der Waals surface area (Å²) in [5, 5.41) is 4.26. The fourth-order valence-corrected chi connectivity index (χ4v) is 3.78. The monoisotopic (exact) mass is 338 g/mol. The highest BCUT2D eigenvalue weighted by molar-refractivity contribution is 7.89. The Kier molecular flexibility index (Phi) is 5.33. The average Bonchev–Trinajstić information content (AvgIpc) is 3.00. The van der Waals surface area contributed by atoms with Gasteiger partial charge >= 0.3 is 0 Å². The van der Waals surface area contributed by atoms with Crippen LogP contribution in [0.1, 0.15) is 20.8 Å². The number of sulfonamides is 1. The van der Waals surface area contributed by atoms with Gasteiger partial charge in [0, 0.05) is 11.9 Å². The highest BCUT2D eigenvalue weighted by Crippen LogP contribution is 2.18. The predicted molar refractivity (Wildman–Crippen MR) is 87.8 cm³/mol. The molecule has 22 heavy (non-hydrogen) atoms. The maximum Gasteiger partial charge on any atom is 0.261 e. The van der Waals surface area contributed by atoms with Gasteiger partial charge in [-0.2, -0.15) is 0 Å². The molecule has 2 N–H and O–H groups in total. The molecule has 2 aromatic rings. The van der Waals surface area contributed by atoms with E-state index in [0.717, 1.165) is 23.3 Å². The average molecular weight is 338 g/mol. The lowest BCUT2D eigenvalue weighted by molar-refractivity contribution is 0.0958. The second-order valence-electron chi connectivity index (χ2n) is 4.85. The van der Waals surface area contributed by atoms with Crippen LogP contribution in [0.2, 0.25) is 0 Å². The Balaban J connectivity index is 1.91. The highest BCUT2D eigenvalue weighted by atomic mass is 32.2. The summed E-state index contributed by atoms with van der Waals surface area (Å²) < 4.78 is 25.5. The molecule has 1 aromatic carbocycles. The first kappa shape index (κ1) is 16.7. The molecular weight excluding hydrogens is 320 g/mol. The molecule has 0 atom stereocenters. The van der Waals surface area contributed by atoms with Crippen LogP contribution < -0.4 is 10.0 Å². The molecule has 0 bridgehead atoms. The SMILES string of the molecule is CNS(=O)(=O)c1csc(C(=O)NCCc2ccc(C)cc2)c1. The molecule has 0 radical (unpaired) electrons.